The molecular weight excluding hydrogens is 270 g/mol. The van der Waals surface area contributed by atoms with Gasteiger partial charge in [0, 0.05) is 11.9 Å². The number of carbonyl (C=O) groups is 2. The second-order valence-electron chi connectivity index (χ2n) is 3.81. The van der Waals surface area contributed by atoms with Crippen LogP contribution in [0.5, 0.6) is 0 Å². The van der Waals surface area contributed by atoms with Gasteiger partial charge in [0.15, 0.2) is 0 Å². The van der Waals surface area contributed by atoms with Crippen molar-refractivity contribution in [1.82, 2.24) is 4.98 Å². The minimum absolute atomic E-state index is 0.117. The molecule has 0 unspecified atom stereocenters. The van der Waals surface area contributed by atoms with Gasteiger partial charge in [0.25, 0.3) is 5.91 Å². The number of nitrogens with one attached hydrogen (secondary N) is 1. The van der Waals surface area contributed by atoms with Crippen LogP contribution in [0.25, 0.3) is 0 Å². The van der Waals surface area contributed by atoms with Crippen molar-refractivity contribution >= 4 is 17.6 Å². The van der Waals surface area contributed by atoms with Crippen molar-refractivity contribution in [2.75, 3.05) is 5.32 Å². The van der Waals surface area contributed by atoms with E-state index < -0.39 is 29.1 Å². The lowest BCUT2D eigenvalue weighted by atomic mass is 10.2. The van der Waals surface area contributed by atoms with Crippen molar-refractivity contribution < 1.29 is 23.5 Å². The molecule has 0 saturated carbocycles. The predicted molar refractivity (Wildman–Crippen MR) is 65.5 cm³/mol. The van der Waals surface area contributed by atoms with Crippen molar-refractivity contribution in [3.8, 4) is 0 Å². The number of benzene rings is 1. The summed E-state index contributed by atoms with van der Waals surface area (Å²) in [5.74, 6) is -3.78. The summed E-state index contributed by atoms with van der Waals surface area (Å²) in [6, 6.07) is 4.92. The van der Waals surface area contributed by atoms with Crippen molar-refractivity contribution in [3.63, 3.8) is 0 Å². The summed E-state index contributed by atoms with van der Waals surface area (Å²) >= 11 is 0. The van der Waals surface area contributed by atoms with Crippen LogP contribution in [0.1, 0.15) is 20.8 Å². The molecule has 0 radical (unpaired) electrons. The van der Waals surface area contributed by atoms with E-state index in [9.17, 15) is 18.4 Å². The number of carbonyl (C=O) groups excluding carboxylic acids is 1. The molecule has 5 nitrogen and oxygen atoms in total. The highest BCUT2D eigenvalue weighted by Gasteiger charge is 2.14. The molecule has 2 aromatic rings. The van der Waals surface area contributed by atoms with Gasteiger partial charge in [0.2, 0.25) is 0 Å². The Morgan fingerprint density at radius 3 is 2.60 bits per heavy atom. The molecular formula is C13H8F2N2O3. The van der Waals surface area contributed by atoms with Gasteiger partial charge in [-0.2, -0.15) is 0 Å². The lowest BCUT2D eigenvalue weighted by molar-refractivity contribution is 0.0690. The van der Waals surface area contributed by atoms with Gasteiger partial charge >= 0.3 is 5.97 Å². The first-order valence-electron chi connectivity index (χ1n) is 5.43. The number of aromatic carboxylic acids is 1. The first-order valence-corrected chi connectivity index (χ1v) is 5.43. The fourth-order valence-corrected chi connectivity index (χ4v) is 1.50. The largest absolute Gasteiger partial charge is 0.477 e. The number of nitrogens with zero attached hydrogens (tertiary/aromatic N) is 1. The fourth-order valence-electron chi connectivity index (χ4n) is 1.50. The van der Waals surface area contributed by atoms with Gasteiger partial charge in [0.05, 0.1) is 5.56 Å². The van der Waals surface area contributed by atoms with E-state index in [2.05, 4.69) is 10.3 Å². The van der Waals surface area contributed by atoms with E-state index in [4.69, 9.17) is 5.11 Å². The van der Waals surface area contributed by atoms with Crippen LogP contribution in [-0.4, -0.2) is 22.0 Å². The maximum absolute atomic E-state index is 13.4. The van der Waals surface area contributed by atoms with Crippen LogP contribution < -0.4 is 5.32 Å². The normalized spacial score (nSPS) is 10.1. The van der Waals surface area contributed by atoms with Gasteiger partial charge in [-0.3, -0.25) is 4.79 Å². The number of carboxylic acids is 1. The van der Waals surface area contributed by atoms with Crippen LogP contribution in [0.3, 0.4) is 0 Å². The van der Waals surface area contributed by atoms with Gasteiger partial charge in [-0.25, -0.2) is 18.6 Å². The van der Waals surface area contributed by atoms with E-state index in [-0.39, 0.29) is 11.4 Å². The van der Waals surface area contributed by atoms with Crippen molar-refractivity contribution in [3.05, 3.63) is 59.4 Å². The number of carboxylic acid groups (broad SMARTS) is 1. The summed E-state index contributed by atoms with van der Waals surface area (Å²) < 4.78 is 26.4. The van der Waals surface area contributed by atoms with Gasteiger partial charge in [-0.05, 0) is 30.3 Å². The Kier molecular flexibility index (Phi) is 3.69. The summed E-state index contributed by atoms with van der Waals surface area (Å²) in [7, 11) is 0. The number of rotatable bonds is 3. The SMILES string of the molecule is O=C(O)c1cc(NC(=O)c2cc(F)ccc2F)ccn1. The highest BCUT2D eigenvalue weighted by molar-refractivity contribution is 6.04. The second-order valence-corrected chi connectivity index (χ2v) is 3.81. The van der Waals surface area contributed by atoms with Crippen LogP contribution >= 0.6 is 0 Å². The maximum Gasteiger partial charge on any atom is 0.354 e. The third-order valence-electron chi connectivity index (χ3n) is 2.41. The molecule has 0 aliphatic carbocycles. The van der Waals surface area contributed by atoms with Crippen molar-refractivity contribution in [2.24, 2.45) is 0 Å². The lowest BCUT2D eigenvalue weighted by Gasteiger charge is -2.06. The number of hydrogen-bond donors (Lipinski definition) is 2. The van der Waals surface area contributed by atoms with Crippen LogP contribution in [0.15, 0.2) is 36.5 Å². The minimum atomic E-state index is -1.27. The van der Waals surface area contributed by atoms with E-state index in [0.717, 1.165) is 24.3 Å². The van der Waals surface area contributed by atoms with Crippen molar-refractivity contribution in [1.29, 1.82) is 0 Å². The van der Waals surface area contributed by atoms with E-state index in [1.807, 2.05) is 0 Å². The van der Waals surface area contributed by atoms with Crippen molar-refractivity contribution in [2.45, 2.75) is 0 Å². The second kappa shape index (κ2) is 5.43. The average molecular weight is 278 g/mol. The molecule has 1 aromatic carbocycles. The maximum atomic E-state index is 13.4. The molecule has 1 heterocycles. The zero-order chi connectivity index (χ0) is 14.7. The monoisotopic (exact) mass is 278 g/mol. The summed E-state index contributed by atoms with van der Waals surface area (Å²) in [4.78, 5) is 26.1. The Hall–Kier alpha value is -2.83. The summed E-state index contributed by atoms with van der Waals surface area (Å²) in [6.45, 7) is 0. The minimum Gasteiger partial charge on any atom is -0.477 e. The Morgan fingerprint density at radius 2 is 1.90 bits per heavy atom. The van der Waals surface area contributed by atoms with Gasteiger partial charge in [0.1, 0.15) is 17.3 Å². The standard InChI is InChI=1S/C13H8F2N2O3/c14-7-1-2-10(15)9(5-7)12(18)17-8-3-4-16-11(6-8)13(19)20/h1-6H,(H,19,20)(H,16,17,18). The molecule has 7 heteroatoms. The molecule has 0 aliphatic rings. The Bertz CT molecular complexity index is 689. The molecule has 102 valence electrons. The fraction of sp³-hybridized carbons (Fsp3) is 0. The first kappa shape index (κ1) is 13.6. The smallest absolute Gasteiger partial charge is 0.354 e. The quantitative estimate of drug-likeness (QED) is 0.903. The molecule has 0 spiro atoms. The number of amides is 1. The van der Waals surface area contributed by atoms with Crippen LogP contribution in [-0.2, 0) is 0 Å². The van der Waals surface area contributed by atoms with E-state index in [1.165, 1.54) is 12.3 Å². The van der Waals surface area contributed by atoms with Crippen LogP contribution in [0.2, 0.25) is 0 Å². The Labute approximate surface area is 111 Å². The molecule has 0 fully saturated rings. The topological polar surface area (TPSA) is 79.3 Å². The first-order chi connectivity index (χ1) is 9.47. The summed E-state index contributed by atoms with van der Waals surface area (Å²) in [5.41, 5.74) is -0.632. The number of pyridine rings is 1. The molecule has 20 heavy (non-hydrogen) atoms. The zero-order valence-corrected chi connectivity index (χ0v) is 9.93. The molecule has 1 aromatic heterocycles. The molecule has 1 amide bonds. The molecule has 2 N–H and O–H groups in total. The molecule has 0 bridgehead atoms. The average Bonchev–Trinajstić information content (AvgIpc) is 2.41. The molecule has 0 atom stereocenters. The highest BCUT2D eigenvalue weighted by atomic mass is 19.1. The third-order valence-corrected chi connectivity index (χ3v) is 2.41. The summed E-state index contributed by atoms with van der Waals surface area (Å²) in [5, 5.41) is 11.0. The lowest BCUT2D eigenvalue weighted by Crippen LogP contribution is -2.14. The van der Waals surface area contributed by atoms with E-state index in [0.29, 0.717) is 0 Å². The van der Waals surface area contributed by atoms with E-state index in [1.54, 1.807) is 0 Å². The third kappa shape index (κ3) is 2.94. The van der Waals surface area contributed by atoms with Gasteiger partial charge < -0.3 is 10.4 Å². The number of halogens is 2. The van der Waals surface area contributed by atoms with Crippen LogP contribution in [0.4, 0.5) is 14.5 Å². The molecule has 2 rings (SSSR count). The predicted octanol–water partition coefficient (Wildman–Crippen LogP) is 2.31. The van der Waals surface area contributed by atoms with Crippen LogP contribution in [0, 0.1) is 11.6 Å². The van der Waals surface area contributed by atoms with E-state index >= 15 is 0 Å². The Balaban J connectivity index is 2.25. The zero-order valence-electron chi connectivity index (χ0n) is 9.93. The highest BCUT2D eigenvalue weighted by Crippen LogP contribution is 2.14. The summed E-state index contributed by atoms with van der Waals surface area (Å²) in [6.07, 6.45) is 1.18. The van der Waals surface area contributed by atoms with Gasteiger partial charge in [-0.15, -0.1) is 0 Å². The molecule has 0 saturated heterocycles. The van der Waals surface area contributed by atoms with Gasteiger partial charge in [-0.1, -0.05) is 0 Å². The number of hydrogen-bond acceptors (Lipinski definition) is 3. The number of anilines is 1. The molecule has 0 aliphatic heterocycles. The Morgan fingerprint density at radius 1 is 1.15 bits per heavy atom. The number of aromatic nitrogens is 1.